The molecule has 2 amide bonds. The van der Waals surface area contributed by atoms with Gasteiger partial charge < -0.3 is 19.6 Å². The number of rotatable bonds is 3. The van der Waals surface area contributed by atoms with Crippen LogP contribution in [0.5, 0.6) is 0 Å². The number of carbonyl (C=O) groups excluding carboxylic acids is 2. The summed E-state index contributed by atoms with van der Waals surface area (Å²) in [6.07, 6.45) is 4.00. The Morgan fingerprint density at radius 3 is 2.65 bits per heavy atom. The molecular formula is C20H26N2O4. The lowest BCUT2D eigenvalue weighted by molar-refractivity contribution is -0.117. The van der Waals surface area contributed by atoms with E-state index in [9.17, 15) is 14.7 Å². The standard InChI is InChI=1S/C20H26N2O4/c1-26-20-9-8-16(23)13-17(20)22(12-10-20)19(25)14-4-6-15(7-5-14)21-11-2-3-18(21)24/h4-7,16-17,23H,2-3,8-13H2,1H3/t16-,17+,20-/m1/s1. The second-order valence-electron chi connectivity index (χ2n) is 7.66. The molecule has 2 heterocycles. The number of benzene rings is 1. The van der Waals surface area contributed by atoms with Crippen LogP contribution >= 0.6 is 0 Å². The normalized spacial score (nSPS) is 31.4. The van der Waals surface area contributed by atoms with E-state index in [0.29, 0.717) is 24.9 Å². The van der Waals surface area contributed by atoms with Gasteiger partial charge in [0, 0.05) is 37.9 Å². The lowest BCUT2D eigenvalue weighted by Crippen LogP contribution is -2.52. The number of nitrogens with zero attached hydrogens (tertiary/aromatic N) is 2. The Bertz CT molecular complexity index is 704. The van der Waals surface area contributed by atoms with Crippen LogP contribution in [0.1, 0.15) is 48.9 Å². The van der Waals surface area contributed by atoms with Crippen molar-refractivity contribution in [2.45, 2.75) is 56.3 Å². The molecule has 1 aromatic rings. The van der Waals surface area contributed by atoms with Crippen molar-refractivity contribution in [3.63, 3.8) is 0 Å². The number of carbonyl (C=O) groups is 2. The lowest BCUT2D eigenvalue weighted by Gasteiger charge is -2.42. The summed E-state index contributed by atoms with van der Waals surface area (Å²) < 4.78 is 5.82. The summed E-state index contributed by atoms with van der Waals surface area (Å²) in [6, 6.07) is 7.23. The first-order valence-electron chi connectivity index (χ1n) is 9.49. The number of hydrogen-bond acceptors (Lipinski definition) is 4. The van der Waals surface area contributed by atoms with Crippen LogP contribution in [-0.4, -0.2) is 59.8 Å². The number of amides is 2. The molecular weight excluding hydrogens is 332 g/mol. The van der Waals surface area contributed by atoms with Crippen molar-refractivity contribution in [1.29, 1.82) is 0 Å². The van der Waals surface area contributed by atoms with Gasteiger partial charge >= 0.3 is 0 Å². The minimum absolute atomic E-state index is 0.0256. The van der Waals surface area contributed by atoms with E-state index in [-0.39, 0.29) is 29.6 Å². The smallest absolute Gasteiger partial charge is 0.254 e. The van der Waals surface area contributed by atoms with Crippen molar-refractivity contribution in [2.75, 3.05) is 25.1 Å². The zero-order chi connectivity index (χ0) is 18.3. The minimum Gasteiger partial charge on any atom is -0.393 e. The number of hydrogen-bond donors (Lipinski definition) is 1. The molecule has 0 unspecified atom stereocenters. The Balaban J connectivity index is 1.53. The van der Waals surface area contributed by atoms with Gasteiger partial charge in [-0.3, -0.25) is 9.59 Å². The molecule has 0 bridgehead atoms. The van der Waals surface area contributed by atoms with Crippen LogP contribution in [0, 0.1) is 0 Å². The van der Waals surface area contributed by atoms with Crippen LogP contribution in [0.2, 0.25) is 0 Å². The van der Waals surface area contributed by atoms with Crippen LogP contribution in [0.4, 0.5) is 5.69 Å². The molecule has 4 rings (SSSR count). The predicted octanol–water partition coefficient (Wildman–Crippen LogP) is 1.96. The maximum Gasteiger partial charge on any atom is 0.254 e. The third-order valence-corrected chi connectivity index (χ3v) is 6.32. The summed E-state index contributed by atoms with van der Waals surface area (Å²) in [5, 5.41) is 10.1. The van der Waals surface area contributed by atoms with E-state index in [1.165, 1.54) is 0 Å². The number of anilines is 1. The highest BCUT2D eigenvalue weighted by Crippen LogP contribution is 2.43. The average molecular weight is 358 g/mol. The number of ether oxygens (including phenoxy) is 1. The molecule has 0 radical (unpaired) electrons. The Morgan fingerprint density at radius 1 is 1.23 bits per heavy atom. The van der Waals surface area contributed by atoms with Gasteiger partial charge in [0.2, 0.25) is 5.91 Å². The number of methoxy groups -OCH3 is 1. The van der Waals surface area contributed by atoms with Crippen LogP contribution in [0.15, 0.2) is 24.3 Å². The first-order chi connectivity index (χ1) is 12.5. The summed E-state index contributed by atoms with van der Waals surface area (Å²) in [5.41, 5.74) is 1.15. The van der Waals surface area contributed by atoms with E-state index in [4.69, 9.17) is 4.74 Å². The van der Waals surface area contributed by atoms with Crippen molar-refractivity contribution in [3.8, 4) is 0 Å². The molecule has 0 aromatic heterocycles. The van der Waals surface area contributed by atoms with Crippen molar-refractivity contribution < 1.29 is 19.4 Å². The predicted molar refractivity (Wildman–Crippen MR) is 97.1 cm³/mol. The lowest BCUT2D eigenvalue weighted by atomic mass is 9.79. The fourth-order valence-corrected chi connectivity index (χ4v) is 4.79. The quantitative estimate of drug-likeness (QED) is 0.897. The highest BCUT2D eigenvalue weighted by atomic mass is 16.5. The van der Waals surface area contributed by atoms with Crippen LogP contribution in [0.25, 0.3) is 0 Å². The average Bonchev–Trinajstić information content (AvgIpc) is 3.25. The maximum absolute atomic E-state index is 13.1. The fraction of sp³-hybridized carbons (Fsp3) is 0.600. The van der Waals surface area contributed by atoms with E-state index in [2.05, 4.69) is 0 Å². The fourth-order valence-electron chi connectivity index (χ4n) is 4.79. The monoisotopic (exact) mass is 358 g/mol. The second-order valence-corrected chi connectivity index (χ2v) is 7.66. The van der Waals surface area contributed by atoms with Crippen LogP contribution in [0.3, 0.4) is 0 Å². The van der Waals surface area contributed by atoms with Gasteiger partial charge in [-0.05, 0) is 56.4 Å². The third-order valence-electron chi connectivity index (χ3n) is 6.32. The zero-order valence-corrected chi connectivity index (χ0v) is 15.2. The molecule has 1 aromatic carbocycles. The van der Waals surface area contributed by atoms with Crippen molar-refractivity contribution >= 4 is 17.5 Å². The van der Waals surface area contributed by atoms with Crippen molar-refractivity contribution in [1.82, 2.24) is 4.90 Å². The topological polar surface area (TPSA) is 70.1 Å². The molecule has 6 nitrogen and oxygen atoms in total. The molecule has 2 saturated heterocycles. The molecule has 3 atom stereocenters. The highest BCUT2D eigenvalue weighted by Gasteiger charge is 2.52. The molecule has 2 aliphatic heterocycles. The van der Waals surface area contributed by atoms with Gasteiger partial charge in [-0.15, -0.1) is 0 Å². The van der Waals surface area contributed by atoms with Gasteiger partial charge in [0.1, 0.15) is 0 Å². The molecule has 3 fully saturated rings. The molecule has 1 saturated carbocycles. The number of likely N-dealkylation sites (tertiary alicyclic amines) is 1. The molecule has 1 aliphatic carbocycles. The molecule has 26 heavy (non-hydrogen) atoms. The largest absolute Gasteiger partial charge is 0.393 e. The van der Waals surface area contributed by atoms with E-state index < -0.39 is 0 Å². The number of aliphatic hydroxyl groups is 1. The second kappa shape index (κ2) is 6.67. The summed E-state index contributed by atoms with van der Waals surface area (Å²) in [6.45, 7) is 1.39. The van der Waals surface area contributed by atoms with Gasteiger partial charge in [0.05, 0.1) is 17.7 Å². The molecule has 1 N–H and O–H groups in total. The Morgan fingerprint density at radius 2 is 2.00 bits per heavy atom. The minimum atomic E-state index is -0.375. The highest BCUT2D eigenvalue weighted by molar-refractivity contribution is 5.97. The molecule has 6 heteroatoms. The Kier molecular flexibility index (Phi) is 4.49. The van der Waals surface area contributed by atoms with Gasteiger partial charge in [0.25, 0.3) is 5.91 Å². The summed E-state index contributed by atoms with van der Waals surface area (Å²) in [5.74, 6) is 0.118. The van der Waals surface area contributed by atoms with Crippen LogP contribution in [-0.2, 0) is 9.53 Å². The number of aliphatic hydroxyl groups excluding tert-OH is 1. The Labute approximate surface area is 153 Å². The van der Waals surface area contributed by atoms with Crippen LogP contribution < -0.4 is 4.90 Å². The van der Waals surface area contributed by atoms with E-state index in [0.717, 1.165) is 37.9 Å². The van der Waals surface area contributed by atoms with E-state index in [1.54, 1.807) is 24.1 Å². The van der Waals surface area contributed by atoms with Gasteiger partial charge in [-0.2, -0.15) is 0 Å². The van der Waals surface area contributed by atoms with Gasteiger partial charge in [-0.1, -0.05) is 0 Å². The molecule has 0 spiro atoms. The summed E-state index contributed by atoms with van der Waals surface area (Å²) >= 11 is 0. The first-order valence-corrected chi connectivity index (χ1v) is 9.49. The van der Waals surface area contributed by atoms with E-state index in [1.807, 2.05) is 17.0 Å². The maximum atomic E-state index is 13.1. The third kappa shape index (κ3) is 2.81. The molecule has 140 valence electrons. The number of fused-ring (bicyclic) bond motifs is 1. The van der Waals surface area contributed by atoms with Crippen molar-refractivity contribution in [3.05, 3.63) is 29.8 Å². The Hall–Kier alpha value is -1.92. The van der Waals surface area contributed by atoms with Crippen molar-refractivity contribution in [2.24, 2.45) is 0 Å². The summed E-state index contributed by atoms with van der Waals surface area (Å²) in [7, 11) is 1.71. The SMILES string of the molecule is CO[C@@]12CC[C@@H](O)C[C@@H]1N(C(=O)c1ccc(N3CCCC3=O)cc1)CC2. The zero-order valence-electron chi connectivity index (χ0n) is 15.2. The first kappa shape index (κ1) is 17.5. The molecule has 3 aliphatic rings. The van der Waals surface area contributed by atoms with E-state index >= 15 is 0 Å². The van der Waals surface area contributed by atoms with Gasteiger partial charge in [0.15, 0.2) is 0 Å². The summed E-state index contributed by atoms with van der Waals surface area (Å²) in [4.78, 5) is 28.6. The van der Waals surface area contributed by atoms with Gasteiger partial charge in [-0.25, -0.2) is 0 Å².